The molecule has 0 fully saturated rings. The maximum Gasteiger partial charge on any atom is 0.351 e. The molecule has 0 radical (unpaired) electrons. The summed E-state index contributed by atoms with van der Waals surface area (Å²) >= 11 is 0. The van der Waals surface area contributed by atoms with Crippen LogP contribution in [-0.2, 0) is 4.74 Å². The number of rotatable bonds is 5. The lowest BCUT2D eigenvalue weighted by Gasteiger charge is -2.13. The Morgan fingerprint density at radius 2 is 1.81 bits per heavy atom. The van der Waals surface area contributed by atoms with E-state index in [9.17, 15) is 14.4 Å². The minimum atomic E-state index is -0.875. The van der Waals surface area contributed by atoms with E-state index in [-0.39, 0.29) is 17.4 Å². The van der Waals surface area contributed by atoms with E-state index in [1.165, 1.54) is 6.07 Å². The number of nitrogens with zero attached hydrogens (tertiary/aromatic N) is 1. The first-order valence-corrected chi connectivity index (χ1v) is 8.71. The molecule has 0 unspecified atom stereocenters. The lowest BCUT2D eigenvalue weighted by Crippen LogP contribution is -2.20. The average molecular weight is 367 g/mol. The predicted molar refractivity (Wildman–Crippen MR) is 101 cm³/mol. The normalized spacial score (nSPS) is 11.1. The number of ether oxygens (including phenoxy) is 1. The highest BCUT2D eigenvalue weighted by Crippen LogP contribution is 2.21. The van der Waals surface area contributed by atoms with Crippen molar-refractivity contribution in [2.24, 2.45) is 0 Å². The standard InChI is InChI=1S/C21H21NO5/c1-12(2)22-13(3)9-16(14(22)4)18(23)11-26-20(24)17-10-15-7-5-6-8-19(15)27-21(17)25/h5-10,12H,11H2,1-4H3. The van der Waals surface area contributed by atoms with E-state index >= 15 is 0 Å². The summed E-state index contributed by atoms with van der Waals surface area (Å²) in [7, 11) is 0. The van der Waals surface area contributed by atoms with Crippen molar-refractivity contribution in [2.75, 3.05) is 6.61 Å². The molecule has 6 nitrogen and oxygen atoms in total. The molecule has 0 saturated carbocycles. The summed E-state index contributed by atoms with van der Waals surface area (Å²) in [5.41, 5.74) is 1.68. The van der Waals surface area contributed by atoms with Crippen LogP contribution in [0.2, 0.25) is 0 Å². The molecule has 3 aromatic rings. The Labute approximate surface area is 156 Å². The highest BCUT2D eigenvalue weighted by atomic mass is 16.5. The summed E-state index contributed by atoms with van der Waals surface area (Å²) < 4.78 is 12.3. The molecule has 0 aliphatic rings. The summed E-state index contributed by atoms with van der Waals surface area (Å²) in [6, 6.07) is 10.3. The maximum absolute atomic E-state index is 12.5. The summed E-state index contributed by atoms with van der Waals surface area (Å²) in [6.07, 6.45) is 0. The Morgan fingerprint density at radius 1 is 1.11 bits per heavy atom. The Bertz CT molecular complexity index is 1090. The molecule has 0 aliphatic heterocycles. The van der Waals surface area contributed by atoms with Crippen molar-refractivity contribution < 1.29 is 18.7 Å². The maximum atomic E-state index is 12.5. The van der Waals surface area contributed by atoms with Gasteiger partial charge < -0.3 is 13.7 Å². The third-order valence-electron chi connectivity index (χ3n) is 4.50. The fourth-order valence-electron chi connectivity index (χ4n) is 3.34. The van der Waals surface area contributed by atoms with Gasteiger partial charge in [0.25, 0.3) is 0 Å². The van der Waals surface area contributed by atoms with Crippen LogP contribution < -0.4 is 5.63 Å². The molecule has 0 amide bonds. The third kappa shape index (κ3) is 3.56. The second-order valence-corrected chi connectivity index (χ2v) is 6.73. The summed E-state index contributed by atoms with van der Waals surface area (Å²) in [6.45, 7) is 7.42. The van der Waals surface area contributed by atoms with Crippen molar-refractivity contribution in [3.05, 3.63) is 69.3 Å². The van der Waals surface area contributed by atoms with Crippen LogP contribution in [-0.4, -0.2) is 22.9 Å². The van der Waals surface area contributed by atoms with Crippen molar-refractivity contribution in [3.63, 3.8) is 0 Å². The van der Waals surface area contributed by atoms with E-state index in [2.05, 4.69) is 0 Å². The smallest absolute Gasteiger partial charge is 0.351 e. The number of benzene rings is 1. The van der Waals surface area contributed by atoms with Gasteiger partial charge in [-0.15, -0.1) is 0 Å². The molecule has 0 saturated heterocycles. The second kappa shape index (κ2) is 7.23. The summed E-state index contributed by atoms with van der Waals surface area (Å²) in [4.78, 5) is 36.8. The fourth-order valence-corrected chi connectivity index (χ4v) is 3.34. The number of ketones is 1. The zero-order valence-electron chi connectivity index (χ0n) is 15.7. The Balaban J connectivity index is 1.78. The van der Waals surface area contributed by atoms with E-state index in [4.69, 9.17) is 9.15 Å². The van der Waals surface area contributed by atoms with Gasteiger partial charge >= 0.3 is 11.6 Å². The molecule has 2 aromatic heterocycles. The van der Waals surface area contributed by atoms with Crippen LogP contribution >= 0.6 is 0 Å². The molecule has 3 rings (SSSR count). The van der Waals surface area contributed by atoms with Gasteiger partial charge in [-0.2, -0.15) is 0 Å². The molecule has 1 aromatic carbocycles. The molecule has 140 valence electrons. The Kier molecular flexibility index (Phi) is 4.99. The molecular weight excluding hydrogens is 346 g/mol. The molecule has 0 N–H and O–H groups in total. The number of esters is 1. The van der Waals surface area contributed by atoms with Crippen molar-refractivity contribution in [3.8, 4) is 0 Å². The van der Waals surface area contributed by atoms with Gasteiger partial charge in [-0.05, 0) is 45.9 Å². The predicted octanol–water partition coefficient (Wildman–Crippen LogP) is 3.83. The Hall–Kier alpha value is -3.15. The number of Topliss-reactive ketones (excluding diaryl/α,β-unsaturated/α-hetero) is 1. The van der Waals surface area contributed by atoms with Gasteiger partial charge in [0.15, 0.2) is 6.61 Å². The SMILES string of the molecule is Cc1cc(C(=O)COC(=O)c2cc3ccccc3oc2=O)c(C)n1C(C)C. The number of fused-ring (bicyclic) bond motifs is 1. The second-order valence-electron chi connectivity index (χ2n) is 6.73. The van der Waals surface area contributed by atoms with Crippen LogP contribution in [0.4, 0.5) is 0 Å². The zero-order valence-corrected chi connectivity index (χ0v) is 15.7. The van der Waals surface area contributed by atoms with Gasteiger partial charge in [0.05, 0.1) is 0 Å². The van der Waals surface area contributed by atoms with Crippen LogP contribution in [0.5, 0.6) is 0 Å². The quantitative estimate of drug-likeness (QED) is 0.389. The number of hydrogen-bond donors (Lipinski definition) is 0. The van der Waals surface area contributed by atoms with Crippen molar-refractivity contribution in [1.29, 1.82) is 0 Å². The number of carbonyl (C=O) groups excluding carboxylic acids is 2. The molecule has 0 atom stereocenters. The first-order valence-electron chi connectivity index (χ1n) is 8.71. The number of carbonyl (C=O) groups is 2. The van der Waals surface area contributed by atoms with Crippen LogP contribution in [0, 0.1) is 13.8 Å². The lowest BCUT2D eigenvalue weighted by molar-refractivity contribution is 0.0470. The largest absolute Gasteiger partial charge is 0.453 e. The fraction of sp³-hybridized carbons (Fsp3) is 0.286. The number of aromatic nitrogens is 1. The number of aryl methyl sites for hydroxylation is 1. The van der Waals surface area contributed by atoms with Crippen molar-refractivity contribution >= 4 is 22.7 Å². The molecule has 6 heteroatoms. The van der Waals surface area contributed by atoms with Gasteiger partial charge in [0.1, 0.15) is 11.1 Å². The first kappa shape index (κ1) is 18.6. The number of para-hydroxylation sites is 1. The van der Waals surface area contributed by atoms with Crippen molar-refractivity contribution in [2.45, 2.75) is 33.7 Å². The molecular formula is C21H21NO5. The Morgan fingerprint density at radius 3 is 2.48 bits per heavy atom. The van der Waals surface area contributed by atoms with Gasteiger partial charge in [-0.3, -0.25) is 4.79 Å². The van der Waals surface area contributed by atoms with Gasteiger partial charge in [0, 0.05) is 28.4 Å². The minimum absolute atomic E-state index is 0.219. The van der Waals surface area contributed by atoms with E-state index in [1.807, 2.05) is 32.3 Å². The molecule has 0 aliphatic carbocycles. The van der Waals surface area contributed by atoms with E-state index in [0.29, 0.717) is 16.5 Å². The van der Waals surface area contributed by atoms with Crippen LogP contribution in [0.25, 0.3) is 11.0 Å². The van der Waals surface area contributed by atoms with Gasteiger partial charge in [-0.1, -0.05) is 18.2 Å². The van der Waals surface area contributed by atoms with E-state index < -0.39 is 18.2 Å². The van der Waals surface area contributed by atoms with Crippen LogP contribution in [0.3, 0.4) is 0 Å². The molecule has 27 heavy (non-hydrogen) atoms. The van der Waals surface area contributed by atoms with Gasteiger partial charge in [0.2, 0.25) is 5.78 Å². The van der Waals surface area contributed by atoms with Crippen LogP contribution in [0.15, 0.2) is 45.6 Å². The third-order valence-corrected chi connectivity index (χ3v) is 4.50. The molecule has 0 spiro atoms. The monoisotopic (exact) mass is 367 g/mol. The number of hydrogen-bond acceptors (Lipinski definition) is 5. The highest BCUT2D eigenvalue weighted by Gasteiger charge is 2.20. The highest BCUT2D eigenvalue weighted by molar-refractivity contribution is 6.00. The molecule has 2 heterocycles. The summed E-state index contributed by atoms with van der Waals surface area (Å²) in [5.74, 6) is -1.19. The zero-order chi connectivity index (χ0) is 19.7. The first-order chi connectivity index (χ1) is 12.8. The van der Waals surface area contributed by atoms with E-state index in [1.54, 1.807) is 30.3 Å². The summed E-state index contributed by atoms with van der Waals surface area (Å²) in [5, 5.41) is 0.607. The lowest BCUT2D eigenvalue weighted by atomic mass is 10.1. The van der Waals surface area contributed by atoms with Crippen molar-refractivity contribution in [1.82, 2.24) is 4.57 Å². The average Bonchev–Trinajstić information content (AvgIpc) is 2.93. The molecule has 0 bridgehead atoms. The van der Waals surface area contributed by atoms with E-state index in [0.717, 1.165) is 11.4 Å². The minimum Gasteiger partial charge on any atom is -0.453 e. The topological polar surface area (TPSA) is 78.5 Å². The van der Waals surface area contributed by atoms with Crippen LogP contribution in [0.1, 0.15) is 52.0 Å². The van der Waals surface area contributed by atoms with Gasteiger partial charge in [-0.25, -0.2) is 9.59 Å².